The molecule has 0 aliphatic carbocycles. The summed E-state index contributed by atoms with van der Waals surface area (Å²) in [5.74, 6) is 0.231. The van der Waals surface area contributed by atoms with Gasteiger partial charge in [-0.3, -0.25) is 9.78 Å². The number of halogens is 1. The molecule has 6 heteroatoms. The minimum atomic E-state index is -0.316. The van der Waals surface area contributed by atoms with E-state index in [1.54, 1.807) is 18.5 Å². The number of imidazole rings is 1. The summed E-state index contributed by atoms with van der Waals surface area (Å²) in [4.78, 5) is 23.1. The highest BCUT2D eigenvalue weighted by Gasteiger charge is 2.06. The summed E-state index contributed by atoms with van der Waals surface area (Å²) in [6.45, 7) is 0.294. The molecule has 0 bridgehead atoms. The zero-order valence-electron chi connectivity index (χ0n) is 11.8. The number of aryl methyl sites for hydroxylation is 1. The molecule has 0 radical (unpaired) electrons. The van der Waals surface area contributed by atoms with E-state index in [4.69, 9.17) is 0 Å². The molecule has 0 saturated heterocycles. The molecule has 1 amide bonds. The fraction of sp³-hybridized carbons (Fsp3) is 0.188. The lowest BCUT2D eigenvalue weighted by atomic mass is 10.1. The van der Waals surface area contributed by atoms with E-state index < -0.39 is 0 Å². The van der Waals surface area contributed by atoms with E-state index in [0.29, 0.717) is 36.2 Å². The number of aromatic amines is 1. The van der Waals surface area contributed by atoms with Crippen LogP contribution in [0.1, 0.15) is 17.8 Å². The third-order valence-electron chi connectivity index (χ3n) is 3.31. The SMILES string of the molecule is O=C(CCc1cccnc1)NCc1nc2ccc(F)cc2[nH]1. The topological polar surface area (TPSA) is 70.7 Å². The van der Waals surface area contributed by atoms with Crippen molar-refractivity contribution in [2.75, 3.05) is 0 Å². The molecule has 22 heavy (non-hydrogen) atoms. The van der Waals surface area contributed by atoms with Gasteiger partial charge in [0.1, 0.15) is 11.6 Å². The maximum atomic E-state index is 13.1. The number of benzene rings is 1. The van der Waals surface area contributed by atoms with E-state index >= 15 is 0 Å². The van der Waals surface area contributed by atoms with Gasteiger partial charge in [0.2, 0.25) is 5.91 Å². The number of amides is 1. The molecule has 1 aromatic carbocycles. The average Bonchev–Trinajstić information content (AvgIpc) is 2.94. The van der Waals surface area contributed by atoms with Crippen LogP contribution in [0.3, 0.4) is 0 Å². The van der Waals surface area contributed by atoms with E-state index in [0.717, 1.165) is 5.56 Å². The van der Waals surface area contributed by atoms with Crippen molar-refractivity contribution >= 4 is 16.9 Å². The highest BCUT2D eigenvalue weighted by atomic mass is 19.1. The number of fused-ring (bicyclic) bond motifs is 1. The molecule has 0 spiro atoms. The second-order valence-electron chi connectivity index (χ2n) is 4.98. The second-order valence-corrected chi connectivity index (χ2v) is 4.98. The Morgan fingerprint density at radius 2 is 2.23 bits per heavy atom. The standard InChI is InChI=1S/C16H15FN4O/c17-12-4-5-13-14(8-12)21-15(20-13)10-19-16(22)6-3-11-2-1-7-18-9-11/h1-2,4-5,7-9H,3,6,10H2,(H,19,22)(H,20,21). The Morgan fingerprint density at radius 1 is 1.32 bits per heavy atom. The number of hydrogen-bond donors (Lipinski definition) is 2. The normalized spacial score (nSPS) is 10.8. The van der Waals surface area contributed by atoms with E-state index in [9.17, 15) is 9.18 Å². The molecule has 0 aliphatic rings. The van der Waals surface area contributed by atoms with Crippen molar-refractivity contribution in [2.45, 2.75) is 19.4 Å². The van der Waals surface area contributed by atoms with Crippen LogP contribution in [0.25, 0.3) is 11.0 Å². The number of pyridine rings is 1. The monoisotopic (exact) mass is 298 g/mol. The lowest BCUT2D eigenvalue weighted by Crippen LogP contribution is -2.23. The smallest absolute Gasteiger partial charge is 0.220 e. The van der Waals surface area contributed by atoms with Crippen molar-refractivity contribution in [3.63, 3.8) is 0 Å². The van der Waals surface area contributed by atoms with Crippen molar-refractivity contribution in [1.82, 2.24) is 20.3 Å². The van der Waals surface area contributed by atoms with E-state index in [-0.39, 0.29) is 11.7 Å². The lowest BCUT2D eigenvalue weighted by Gasteiger charge is -2.03. The summed E-state index contributed by atoms with van der Waals surface area (Å²) < 4.78 is 13.1. The van der Waals surface area contributed by atoms with Gasteiger partial charge in [0.25, 0.3) is 0 Å². The third-order valence-corrected chi connectivity index (χ3v) is 3.31. The molecule has 5 nitrogen and oxygen atoms in total. The molecule has 112 valence electrons. The zero-order chi connectivity index (χ0) is 15.4. The van der Waals surface area contributed by atoms with Gasteiger partial charge in [-0.05, 0) is 36.2 Å². The first-order chi connectivity index (χ1) is 10.7. The van der Waals surface area contributed by atoms with Crippen LogP contribution < -0.4 is 5.32 Å². The fourth-order valence-corrected chi connectivity index (χ4v) is 2.19. The number of hydrogen-bond acceptors (Lipinski definition) is 3. The molecule has 3 aromatic rings. The molecule has 0 atom stereocenters. The summed E-state index contributed by atoms with van der Waals surface area (Å²) in [7, 11) is 0. The Bertz CT molecular complexity index is 785. The zero-order valence-corrected chi connectivity index (χ0v) is 11.8. The van der Waals surface area contributed by atoms with Gasteiger partial charge in [-0.15, -0.1) is 0 Å². The van der Waals surface area contributed by atoms with Gasteiger partial charge in [0.05, 0.1) is 17.6 Å². The third kappa shape index (κ3) is 3.46. The highest BCUT2D eigenvalue weighted by molar-refractivity contribution is 5.77. The van der Waals surface area contributed by atoms with Crippen LogP contribution >= 0.6 is 0 Å². The molecular weight excluding hydrogens is 283 g/mol. The number of nitrogens with zero attached hydrogens (tertiary/aromatic N) is 2. The van der Waals surface area contributed by atoms with Gasteiger partial charge in [0, 0.05) is 18.8 Å². The first-order valence-corrected chi connectivity index (χ1v) is 7.00. The average molecular weight is 298 g/mol. The van der Waals surface area contributed by atoms with Gasteiger partial charge >= 0.3 is 0 Å². The number of carbonyl (C=O) groups excluding carboxylic acids is 1. The van der Waals surface area contributed by atoms with Crippen molar-refractivity contribution in [3.05, 3.63) is 59.9 Å². The Kier molecular flexibility index (Phi) is 4.09. The van der Waals surface area contributed by atoms with Gasteiger partial charge in [0.15, 0.2) is 0 Å². The van der Waals surface area contributed by atoms with Crippen LogP contribution in [0.2, 0.25) is 0 Å². The van der Waals surface area contributed by atoms with Gasteiger partial charge in [-0.2, -0.15) is 0 Å². The molecule has 2 aromatic heterocycles. The van der Waals surface area contributed by atoms with Crippen LogP contribution in [0.4, 0.5) is 4.39 Å². The Balaban J connectivity index is 1.53. The Labute approximate surface area is 126 Å². The highest BCUT2D eigenvalue weighted by Crippen LogP contribution is 2.12. The minimum Gasteiger partial charge on any atom is -0.349 e. The first kappa shape index (κ1) is 14.2. The number of rotatable bonds is 5. The van der Waals surface area contributed by atoms with Gasteiger partial charge < -0.3 is 10.3 Å². The predicted octanol–water partition coefficient (Wildman–Crippen LogP) is 2.35. The van der Waals surface area contributed by atoms with E-state index in [1.807, 2.05) is 12.1 Å². The summed E-state index contributed by atoms with van der Waals surface area (Å²) >= 11 is 0. The van der Waals surface area contributed by atoms with Gasteiger partial charge in [-0.1, -0.05) is 6.07 Å². The minimum absolute atomic E-state index is 0.0597. The fourth-order valence-electron chi connectivity index (χ4n) is 2.19. The Hall–Kier alpha value is -2.76. The number of aromatic nitrogens is 3. The largest absolute Gasteiger partial charge is 0.349 e. The van der Waals surface area contributed by atoms with Crippen molar-refractivity contribution in [2.24, 2.45) is 0 Å². The molecule has 3 rings (SSSR count). The number of H-pyrrole nitrogens is 1. The van der Waals surface area contributed by atoms with Crippen molar-refractivity contribution in [3.8, 4) is 0 Å². The second kappa shape index (κ2) is 6.34. The molecule has 2 N–H and O–H groups in total. The number of carbonyl (C=O) groups is 1. The maximum absolute atomic E-state index is 13.1. The molecular formula is C16H15FN4O. The summed E-state index contributed by atoms with van der Waals surface area (Å²) in [5.41, 5.74) is 2.33. The van der Waals surface area contributed by atoms with Crippen LogP contribution in [-0.2, 0) is 17.8 Å². The van der Waals surface area contributed by atoms with Crippen LogP contribution in [0.15, 0.2) is 42.7 Å². The summed E-state index contributed by atoms with van der Waals surface area (Å²) in [6, 6.07) is 8.14. The molecule has 2 heterocycles. The predicted molar refractivity (Wildman–Crippen MR) is 80.5 cm³/mol. The summed E-state index contributed by atoms with van der Waals surface area (Å²) in [6.07, 6.45) is 4.49. The molecule has 0 aliphatic heterocycles. The number of nitrogens with one attached hydrogen (secondary N) is 2. The molecule has 0 unspecified atom stereocenters. The van der Waals surface area contributed by atoms with Crippen molar-refractivity contribution in [1.29, 1.82) is 0 Å². The van der Waals surface area contributed by atoms with Crippen LogP contribution in [0.5, 0.6) is 0 Å². The van der Waals surface area contributed by atoms with Crippen LogP contribution in [-0.4, -0.2) is 20.9 Å². The Morgan fingerprint density at radius 3 is 3.05 bits per heavy atom. The molecule has 0 fully saturated rings. The lowest BCUT2D eigenvalue weighted by molar-refractivity contribution is -0.121. The van der Waals surface area contributed by atoms with E-state index in [1.165, 1.54) is 12.1 Å². The van der Waals surface area contributed by atoms with Crippen LogP contribution in [0, 0.1) is 5.82 Å². The first-order valence-electron chi connectivity index (χ1n) is 7.00. The quantitative estimate of drug-likeness (QED) is 0.759. The van der Waals surface area contributed by atoms with Crippen molar-refractivity contribution < 1.29 is 9.18 Å². The summed E-state index contributed by atoms with van der Waals surface area (Å²) in [5, 5.41) is 2.80. The van der Waals surface area contributed by atoms with E-state index in [2.05, 4.69) is 20.3 Å². The maximum Gasteiger partial charge on any atom is 0.220 e. The van der Waals surface area contributed by atoms with Gasteiger partial charge in [-0.25, -0.2) is 9.37 Å². The molecule has 0 saturated carbocycles.